The summed E-state index contributed by atoms with van der Waals surface area (Å²) >= 11 is 8.61. The fraction of sp³-hybridized carbons (Fsp3) is 0.111. The molecule has 25 heavy (non-hydrogen) atoms. The molecule has 1 amide bonds. The molecule has 0 saturated heterocycles. The molecule has 1 heterocycles. The lowest BCUT2D eigenvalue weighted by molar-refractivity contribution is -0.123. The maximum atomic E-state index is 11.9. The highest BCUT2D eigenvalue weighted by atomic mass is 79.9. The molecule has 2 aromatic carbocycles. The van der Waals surface area contributed by atoms with Gasteiger partial charge in [0.15, 0.2) is 6.61 Å². The number of benzene rings is 2. The van der Waals surface area contributed by atoms with Gasteiger partial charge in [-0.15, -0.1) is 11.3 Å². The number of aryl methyl sites for hydroxylation is 1. The first-order valence-electron chi connectivity index (χ1n) is 7.42. The van der Waals surface area contributed by atoms with Gasteiger partial charge in [-0.1, -0.05) is 28.1 Å². The number of nitrogens with one attached hydrogen (secondary N) is 1. The highest BCUT2D eigenvalue weighted by Crippen LogP contribution is 2.34. The number of ether oxygens (including phenoxy) is 1. The molecule has 0 atom stereocenters. The van der Waals surface area contributed by atoms with Crippen molar-refractivity contribution in [3.8, 4) is 5.75 Å². The SMILES string of the molecule is Cc1ccc(/C=N/NC(=O)COc2ccc3cc(Br)ccc3c2Br)s1. The maximum Gasteiger partial charge on any atom is 0.277 e. The normalized spacial score (nSPS) is 11.2. The summed E-state index contributed by atoms with van der Waals surface area (Å²) in [5, 5.41) is 6.04. The van der Waals surface area contributed by atoms with Crippen molar-refractivity contribution in [1.82, 2.24) is 5.43 Å². The predicted octanol–water partition coefficient (Wildman–Crippen LogP) is 5.26. The van der Waals surface area contributed by atoms with Crippen molar-refractivity contribution in [2.24, 2.45) is 5.10 Å². The average Bonchev–Trinajstić information content (AvgIpc) is 2.99. The molecule has 3 rings (SSSR count). The first kappa shape index (κ1) is 18.1. The molecule has 0 spiro atoms. The van der Waals surface area contributed by atoms with E-state index in [1.54, 1.807) is 17.6 Å². The molecule has 0 unspecified atom stereocenters. The van der Waals surface area contributed by atoms with Gasteiger partial charge in [-0.25, -0.2) is 5.43 Å². The fourth-order valence-corrected chi connectivity index (χ4v) is 3.96. The highest BCUT2D eigenvalue weighted by Gasteiger charge is 2.09. The number of carbonyl (C=O) groups excluding carboxylic acids is 1. The third kappa shape index (κ3) is 4.68. The zero-order valence-electron chi connectivity index (χ0n) is 13.3. The van der Waals surface area contributed by atoms with E-state index in [9.17, 15) is 4.79 Å². The molecule has 7 heteroatoms. The van der Waals surface area contributed by atoms with Gasteiger partial charge in [-0.05, 0) is 64.0 Å². The average molecular weight is 482 g/mol. The van der Waals surface area contributed by atoms with Crippen molar-refractivity contribution in [3.63, 3.8) is 0 Å². The van der Waals surface area contributed by atoms with Gasteiger partial charge in [0.05, 0.1) is 10.7 Å². The third-order valence-electron chi connectivity index (χ3n) is 3.38. The standard InChI is InChI=1S/C18H14Br2N2O2S/c1-11-2-5-14(25-11)9-21-22-17(23)10-24-16-7-3-12-8-13(19)4-6-15(12)18(16)20/h2-9H,10H2,1H3,(H,22,23)/b21-9+. The van der Waals surface area contributed by atoms with E-state index in [2.05, 4.69) is 42.4 Å². The van der Waals surface area contributed by atoms with Gasteiger partial charge < -0.3 is 4.74 Å². The van der Waals surface area contributed by atoms with E-state index < -0.39 is 0 Å². The highest BCUT2D eigenvalue weighted by molar-refractivity contribution is 9.11. The predicted molar refractivity (Wildman–Crippen MR) is 110 cm³/mol. The number of rotatable bonds is 5. The van der Waals surface area contributed by atoms with Crippen LogP contribution in [0.1, 0.15) is 9.75 Å². The Morgan fingerprint density at radius 2 is 2.08 bits per heavy atom. The van der Waals surface area contributed by atoms with E-state index in [1.165, 1.54) is 4.88 Å². The van der Waals surface area contributed by atoms with Crippen LogP contribution in [0.15, 0.2) is 56.5 Å². The molecule has 4 nitrogen and oxygen atoms in total. The molecule has 1 aromatic heterocycles. The number of halogens is 2. The topological polar surface area (TPSA) is 50.7 Å². The molecule has 1 N–H and O–H groups in total. The van der Waals surface area contributed by atoms with E-state index in [-0.39, 0.29) is 12.5 Å². The minimum absolute atomic E-state index is 0.110. The Morgan fingerprint density at radius 3 is 2.84 bits per heavy atom. The first-order chi connectivity index (χ1) is 12.0. The smallest absolute Gasteiger partial charge is 0.277 e. The molecular formula is C18H14Br2N2O2S. The molecular weight excluding hydrogens is 468 g/mol. The number of thiophene rings is 1. The zero-order chi connectivity index (χ0) is 17.8. The van der Waals surface area contributed by atoms with Gasteiger partial charge in [0.2, 0.25) is 0 Å². The second kappa shape index (κ2) is 8.12. The summed E-state index contributed by atoms with van der Waals surface area (Å²) in [5.41, 5.74) is 2.47. The Balaban J connectivity index is 1.60. The van der Waals surface area contributed by atoms with E-state index in [4.69, 9.17) is 4.74 Å². The van der Waals surface area contributed by atoms with Crippen molar-refractivity contribution in [3.05, 3.63) is 61.2 Å². The molecule has 128 valence electrons. The van der Waals surface area contributed by atoms with Crippen molar-refractivity contribution in [2.75, 3.05) is 6.61 Å². The number of fused-ring (bicyclic) bond motifs is 1. The van der Waals surface area contributed by atoms with E-state index in [0.29, 0.717) is 5.75 Å². The number of amides is 1. The molecule has 0 bridgehead atoms. The van der Waals surface area contributed by atoms with Crippen LogP contribution in [-0.4, -0.2) is 18.7 Å². The van der Waals surface area contributed by atoms with Crippen molar-refractivity contribution >= 4 is 66.1 Å². The minimum Gasteiger partial charge on any atom is -0.483 e. The lowest BCUT2D eigenvalue weighted by Crippen LogP contribution is -2.24. The van der Waals surface area contributed by atoms with Gasteiger partial charge >= 0.3 is 0 Å². The van der Waals surface area contributed by atoms with Crippen molar-refractivity contribution in [1.29, 1.82) is 0 Å². The molecule has 0 aliphatic carbocycles. The van der Waals surface area contributed by atoms with Crippen LogP contribution in [-0.2, 0) is 4.79 Å². The van der Waals surface area contributed by atoms with Crippen LogP contribution in [0.5, 0.6) is 5.75 Å². The molecule has 0 aliphatic heterocycles. The Bertz CT molecular complexity index is 953. The van der Waals surface area contributed by atoms with Crippen LogP contribution < -0.4 is 10.2 Å². The van der Waals surface area contributed by atoms with Crippen LogP contribution in [0.3, 0.4) is 0 Å². The summed E-state index contributed by atoms with van der Waals surface area (Å²) in [4.78, 5) is 14.0. The van der Waals surface area contributed by atoms with Crippen LogP contribution in [0.25, 0.3) is 10.8 Å². The van der Waals surface area contributed by atoms with Crippen LogP contribution in [0, 0.1) is 6.92 Å². The first-order valence-corrected chi connectivity index (χ1v) is 9.82. The van der Waals surface area contributed by atoms with Crippen molar-refractivity contribution in [2.45, 2.75) is 6.92 Å². The summed E-state index contributed by atoms with van der Waals surface area (Å²) in [7, 11) is 0. The molecule has 0 fully saturated rings. The summed E-state index contributed by atoms with van der Waals surface area (Å²) in [6.07, 6.45) is 1.62. The van der Waals surface area contributed by atoms with Gasteiger partial charge in [-0.3, -0.25) is 4.79 Å². The summed E-state index contributed by atoms with van der Waals surface area (Å²) in [6, 6.07) is 13.7. The minimum atomic E-state index is -0.313. The lowest BCUT2D eigenvalue weighted by atomic mass is 10.1. The quantitative estimate of drug-likeness (QED) is 0.399. The van der Waals surface area contributed by atoms with E-state index in [0.717, 1.165) is 24.6 Å². The summed E-state index contributed by atoms with van der Waals surface area (Å²) < 4.78 is 7.44. The van der Waals surface area contributed by atoms with E-state index in [1.807, 2.05) is 49.4 Å². The molecule has 0 aliphatic rings. The fourth-order valence-electron chi connectivity index (χ4n) is 2.22. The molecule has 0 saturated carbocycles. The van der Waals surface area contributed by atoms with Crippen LogP contribution in [0.2, 0.25) is 0 Å². The summed E-state index contributed by atoms with van der Waals surface area (Å²) in [6.45, 7) is 1.91. The van der Waals surface area contributed by atoms with Crippen LogP contribution >= 0.6 is 43.2 Å². The largest absolute Gasteiger partial charge is 0.483 e. The van der Waals surface area contributed by atoms with Gasteiger partial charge in [0, 0.05) is 14.2 Å². The Labute approximate surface area is 166 Å². The Kier molecular flexibility index (Phi) is 5.88. The summed E-state index contributed by atoms with van der Waals surface area (Å²) in [5.74, 6) is 0.301. The van der Waals surface area contributed by atoms with Crippen LogP contribution in [0.4, 0.5) is 0 Å². The second-order valence-electron chi connectivity index (χ2n) is 5.27. The zero-order valence-corrected chi connectivity index (χ0v) is 17.2. The van der Waals surface area contributed by atoms with Gasteiger partial charge in [0.25, 0.3) is 5.91 Å². The number of hydrogen-bond donors (Lipinski definition) is 1. The van der Waals surface area contributed by atoms with E-state index >= 15 is 0 Å². The Morgan fingerprint density at radius 1 is 1.24 bits per heavy atom. The third-order valence-corrected chi connectivity index (χ3v) is 5.63. The van der Waals surface area contributed by atoms with Crippen molar-refractivity contribution < 1.29 is 9.53 Å². The number of nitrogens with zero attached hydrogens (tertiary/aromatic N) is 1. The van der Waals surface area contributed by atoms with Gasteiger partial charge in [-0.2, -0.15) is 5.10 Å². The number of carbonyl (C=O) groups is 1. The lowest BCUT2D eigenvalue weighted by Gasteiger charge is -2.10. The second-order valence-corrected chi connectivity index (χ2v) is 8.30. The number of hydrogen-bond acceptors (Lipinski definition) is 4. The monoisotopic (exact) mass is 480 g/mol. The molecule has 0 radical (unpaired) electrons. The Hall–Kier alpha value is -1.70. The molecule has 3 aromatic rings. The number of hydrazone groups is 1. The van der Waals surface area contributed by atoms with Gasteiger partial charge in [0.1, 0.15) is 5.75 Å². The maximum absolute atomic E-state index is 11.9.